The maximum atomic E-state index is 13.7. The summed E-state index contributed by atoms with van der Waals surface area (Å²) in [6.07, 6.45) is 7.70. The lowest BCUT2D eigenvalue weighted by Crippen LogP contribution is -2.48. The van der Waals surface area contributed by atoms with Gasteiger partial charge in [-0.25, -0.2) is 9.38 Å². The molecule has 3 aliphatic heterocycles. The van der Waals surface area contributed by atoms with Crippen LogP contribution in [0.4, 0.5) is 4.39 Å². The van der Waals surface area contributed by atoms with Crippen molar-refractivity contribution in [1.82, 2.24) is 10.2 Å². The average molecular weight is 434 g/mol. The lowest BCUT2D eigenvalue weighted by molar-refractivity contribution is 0.198. The van der Waals surface area contributed by atoms with Crippen molar-refractivity contribution in [3.05, 3.63) is 70.5 Å². The van der Waals surface area contributed by atoms with Gasteiger partial charge >= 0.3 is 0 Å². The van der Waals surface area contributed by atoms with Crippen LogP contribution < -0.4 is 5.32 Å². The molecule has 1 saturated heterocycles. The van der Waals surface area contributed by atoms with Crippen LogP contribution in [0.2, 0.25) is 0 Å². The van der Waals surface area contributed by atoms with Crippen molar-refractivity contribution in [3.63, 3.8) is 0 Å². The molecule has 0 unspecified atom stereocenters. The van der Waals surface area contributed by atoms with Gasteiger partial charge in [0.2, 0.25) is 0 Å². The summed E-state index contributed by atoms with van der Waals surface area (Å²) in [6, 6.07) is 15.1. The number of halogens is 1. The fraction of sp³-hybridized carbons (Fsp3) is 0.519. The zero-order valence-electron chi connectivity index (χ0n) is 18.6. The summed E-state index contributed by atoms with van der Waals surface area (Å²) < 4.78 is 19.9. The molecular weight excluding hydrogens is 401 g/mol. The zero-order chi connectivity index (χ0) is 21.5. The van der Waals surface area contributed by atoms with Gasteiger partial charge in [0.1, 0.15) is 12.4 Å². The van der Waals surface area contributed by atoms with Crippen molar-refractivity contribution in [3.8, 4) is 0 Å². The van der Waals surface area contributed by atoms with Gasteiger partial charge in [-0.1, -0.05) is 49.6 Å². The molecule has 0 bridgehead atoms. The number of aliphatic imine (C=N–C) groups is 1. The number of ether oxygens (including phenoxy) is 1. The second-order valence-corrected chi connectivity index (χ2v) is 9.90. The van der Waals surface area contributed by atoms with Crippen molar-refractivity contribution in [2.45, 2.75) is 56.5 Å². The van der Waals surface area contributed by atoms with Crippen LogP contribution in [0.3, 0.4) is 0 Å². The molecule has 0 spiro atoms. The Kier molecular flexibility index (Phi) is 5.38. The highest BCUT2D eigenvalue weighted by atomic mass is 19.1. The van der Waals surface area contributed by atoms with Gasteiger partial charge in [0, 0.05) is 25.6 Å². The van der Waals surface area contributed by atoms with Crippen LogP contribution in [0.5, 0.6) is 0 Å². The Hall–Kier alpha value is -2.40. The highest BCUT2D eigenvalue weighted by molar-refractivity contribution is 5.77. The van der Waals surface area contributed by atoms with Crippen molar-refractivity contribution < 1.29 is 9.13 Å². The third-order valence-electron chi connectivity index (χ3n) is 7.92. The Morgan fingerprint density at radius 3 is 2.50 bits per heavy atom. The number of nitrogens with one attached hydrogen (secondary N) is 1. The molecule has 2 fully saturated rings. The first-order chi connectivity index (χ1) is 15.8. The highest BCUT2D eigenvalue weighted by Crippen LogP contribution is 2.40. The van der Waals surface area contributed by atoms with Crippen LogP contribution in [-0.4, -0.2) is 43.2 Å². The van der Waals surface area contributed by atoms with E-state index in [0.717, 1.165) is 37.6 Å². The van der Waals surface area contributed by atoms with Crippen LogP contribution in [0.25, 0.3) is 0 Å². The monoisotopic (exact) mass is 433 g/mol. The summed E-state index contributed by atoms with van der Waals surface area (Å²) in [4.78, 5) is 7.30. The van der Waals surface area contributed by atoms with Crippen molar-refractivity contribution in [1.29, 1.82) is 0 Å². The molecule has 0 aromatic heterocycles. The molecule has 1 saturated carbocycles. The first kappa shape index (κ1) is 20.2. The number of hydrogen-bond donors (Lipinski definition) is 1. The number of benzene rings is 2. The Bertz CT molecular complexity index is 994. The van der Waals surface area contributed by atoms with Crippen molar-refractivity contribution in [2.24, 2.45) is 10.9 Å². The van der Waals surface area contributed by atoms with E-state index in [1.807, 2.05) is 12.1 Å². The minimum Gasteiger partial charge on any atom is -0.463 e. The van der Waals surface area contributed by atoms with E-state index in [1.165, 1.54) is 48.8 Å². The van der Waals surface area contributed by atoms with E-state index >= 15 is 0 Å². The highest BCUT2D eigenvalue weighted by Gasteiger charge is 2.38. The molecule has 5 heteroatoms. The lowest BCUT2D eigenvalue weighted by Gasteiger charge is -2.38. The molecule has 0 amide bonds. The molecule has 4 aliphatic rings. The maximum absolute atomic E-state index is 13.7. The molecule has 6 rings (SSSR count). The molecule has 0 radical (unpaired) electrons. The van der Waals surface area contributed by atoms with E-state index < -0.39 is 0 Å². The summed E-state index contributed by atoms with van der Waals surface area (Å²) >= 11 is 0. The Balaban J connectivity index is 1.35. The van der Waals surface area contributed by atoms with E-state index in [1.54, 1.807) is 12.1 Å². The average Bonchev–Trinajstić information content (AvgIpc) is 3.27. The van der Waals surface area contributed by atoms with Gasteiger partial charge in [-0.15, -0.1) is 0 Å². The second-order valence-electron chi connectivity index (χ2n) is 9.90. The quantitative estimate of drug-likeness (QED) is 0.756. The van der Waals surface area contributed by atoms with Crippen LogP contribution in [0.1, 0.15) is 66.3 Å². The van der Waals surface area contributed by atoms with E-state index in [2.05, 4.69) is 28.4 Å². The van der Waals surface area contributed by atoms with Crippen molar-refractivity contribution >= 4 is 6.02 Å². The second kappa shape index (κ2) is 8.51. The summed E-state index contributed by atoms with van der Waals surface area (Å²) in [7, 11) is 0. The fourth-order valence-electron chi connectivity index (χ4n) is 5.91. The molecule has 168 valence electrons. The summed E-state index contributed by atoms with van der Waals surface area (Å²) in [5.41, 5.74) is 5.33. The van der Waals surface area contributed by atoms with Gasteiger partial charge in [-0.2, -0.15) is 0 Å². The third-order valence-corrected chi connectivity index (χ3v) is 7.92. The maximum Gasteiger partial charge on any atom is 0.288 e. The molecule has 2 aromatic rings. The molecule has 3 heterocycles. The van der Waals surface area contributed by atoms with Gasteiger partial charge < -0.3 is 15.0 Å². The standard InChI is InChI=1S/C27H32FN3O/c28-23-9-6-19(7-10-23)26-24-11-8-20(18-4-2-1-3-5-18)14-21(24)12-13-31(26)27-30-25(17-32-27)22-15-29-16-22/h6-11,14,18,22,25-26,29H,1-5,12-13,15-17H2/t25-,26+/m1/s1. The predicted octanol–water partition coefficient (Wildman–Crippen LogP) is 4.80. The van der Waals surface area contributed by atoms with Gasteiger partial charge in [0.05, 0.1) is 12.1 Å². The third kappa shape index (κ3) is 3.71. The van der Waals surface area contributed by atoms with Crippen LogP contribution >= 0.6 is 0 Å². The topological polar surface area (TPSA) is 36.9 Å². The Labute approximate surface area is 189 Å². The number of amidine groups is 1. The number of rotatable bonds is 3. The Morgan fingerprint density at radius 2 is 1.75 bits per heavy atom. The summed E-state index contributed by atoms with van der Waals surface area (Å²) in [6.45, 7) is 3.59. The van der Waals surface area contributed by atoms with Gasteiger partial charge in [-0.05, 0) is 59.6 Å². The van der Waals surface area contributed by atoms with Crippen LogP contribution in [0.15, 0.2) is 47.5 Å². The van der Waals surface area contributed by atoms with Gasteiger partial charge in [-0.3, -0.25) is 0 Å². The molecule has 1 N–H and O–H groups in total. The minimum atomic E-state index is -0.198. The smallest absolute Gasteiger partial charge is 0.288 e. The van der Waals surface area contributed by atoms with E-state index in [0.29, 0.717) is 18.4 Å². The number of fused-ring (bicyclic) bond motifs is 1. The molecule has 4 nitrogen and oxygen atoms in total. The van der Waals surface area contributed by atoms with Crippen LogP contribution in [-0.2, 0) is 11.2 Å². The van der Waals surface area contributed by atoms with Gasteiger partial charge in [0.15, 0.2) is 0 Å². The zero-order valence-corrected chi connectivity index (χ0v) is 18.6. The molecule has 32 heavy (non-hydrogen) atoms. The van der Waals surface area contributed by atoms with E-state index in [4.69, 9.17) is 9.73 Å². The Morgan fingerprint density at radius 1 is 0.969 bits per heavy atom. The summed E-state index contributed by atoms with van der Waals surface area (Å²) in [5, 5.41) is 3.34. The van der Waals surface area contributed by atoms with Gasteiger partial charge in [0.25, 0.3) is 6.02 Å². The first-order valence-corrected chi connectivity index (χ1v) is 12.3. The molecule has 2 atom stereocenters. The molecular formula is C27H32FN3O. The number of hydrogen-bond acceptors (Lipinski definition) is 4. The first-order valence-electron chi connectivity index (χ1n) is 12.3. The normalized spacial score (nSPS) is 26.3. The largest absolute Gasteiger partial charge is 0.463 e. The van der Waals surface area contributed by atoms with Crippen molar-refractivity contribution in [2.75, 3.05) is 26.2 Å². The van der Waals surface area contributed by atoms with E-state index in [-0.39, 0.29) is 17.9 Å². The number of nitrogens with zero attached hydrogens (tertiary/aromatic N) is 2. The molecule has 2 aromatic carbocycles. The lowest BCUT2D eigenvalue weighted by atomic mass is 9.80. The molecule has 1 aliphatic carbocycles. The minimum absolute atomic E-state index is 0.0109. The predicted molar refractivity (Wildman–Crippen MR) is 124 cm³/mol. The fourth-order valence-corrected chi connectivity index (χ4v) is 5.91. The van der Waals surface area contributed by atoms with Crippen LogP contribution in [0, 0.1) is 11.7 Å². The van der Waals surface area contributed by atoms with E-state index in [9.17, 15) is 4.39 Å². The SMILES string of the molecule is Fc1ccc([C@H]2c3ccc(C4CCCCC4)cc3CCN2C2=N[C@@H](C3CNC3)CO2)cc1. The summed E-state index contributed by atoms with van der Waals surface area (Å²) in [5.74, 6) is 1.08.